The van der Waals surface area contributed by atoms with Gasteiger partial charge in [-0.2, -0.15) is 5.10 Å². The van der Waals surface area contributed by atoms with E-state index in [0.717, 1.165) is 16.6 Å². The average Bonchev–Trinajstić information content (AvgIpc) is 2.99. The number of hydrogen-bond acceptors (Lipinski definition) is 3. The van der Waals surface area contributed by atoms with Gasteiger partial charge in [0.05, 0.1) is 0 Å². The summed E-state index contributed by atoms with van der Waals surface area (Å²) in [6.07, 6.45) is 0. The number of hydrogen-bond donors (Lipinski definition) is 0. The molecule has 1 amide bonds. The fourth-order valence-corrected chi connectivity index (χ4v) is 3.61. The Bertz CT molecular complexity index is 1220. The van der Waals surface area contributed by atoms with Crippen LogP contribution in [-0.4, -0.2) is 26.8 Å². The number of amides is 1. The Labute approximate surface area is 156 Å². The number of aromatic nitrogens is 3. The third-order valence-corrected chi connectivity index (χ3v) is 4.92. The molecule has 0 radical (unpaired) electrons. The molecule has 0 N–H and O–H groups in total. The number of aryl methyl sites for hydroxylation is 2. The molecule has 6 nitrogen and oxygen atoms in total. The minimum absolute atomic E-state index is 0.219. The van der Waals surface area contributed by atoms with Crippen LogP contribution in [0.25, 0.3) is 21.8 Å². The lowest BCUT2D eigenvalue weighted by Gasteiger charge is -2.21. The largest absolute Gasteiger partial charge is 0.339 e. The first-order chi connectivity index (χ1) is 13.0. The molecule has 0 spiro atoms. The van der Waals surface area contributed by atoms with Gasteiger partial charge in [0.1, 0.15) is 5.52 Å². The van der Waals surface area contributed by atoms with Crippen molar-refractivity contribution in [2.75, 3.05) is 11.4 Å². The number of carbonyl (C=O) groups excluding carboxylic acids is 1. The SMILES string of the molecule is CCN(C(=O)c1nn(C)c(=O)c2c1c1ccccc1n2C)c1ccccc1. The number of carbonyl (C=O) groups is 1. The van der Waals surface area contributed by atoms with Crippen LogP contribution in [0.2, 0.25) is 0 Å². The Morgan fingerprint density at radius 1 is 1.04 bits per heavy atom. The summed E-state index contributed by atoms with van der Waals surface area (Å²) in [7, 11) is 3.42. The highest BCUT2D eigenvalue weighted by Gasteiger charge is 2.25. The number of rotatable bonds is 3. The highest BCUT2D eigenvalue weighted by molar-refractivity contribution is 6.20. The maximum atomic E-state index is 13.4. The Hall–Kier alpha value is -3.41. The molecule has 4 rings (SSSR count). The standard InChI is InChI=1S/C21H20N4O2/c1-4-25(14-10-6-5-7-11-14)20(26)18-17-15-12-8-9-13-16(15)23(2)19(17)21(27)24(3)22-18/h5-13H,4H2,1-3H3. The van der Waals surface area contributed by atoms with Gasteiger partial charge in [-0.25, -0.2) is 4.68 Å². The summed E-state index contributed by atoms with van der Waals surface area (Å²) in [4.78, 5) is 27.9. The molecule has 4 aromatic rings. The predicted octanol–water partition coefficient (Wildman–Crippen LogP) is 3.09. The summed E-state index contributed by atoms with van der Waals surface area (Å²) in [5.41, 5.74) is 2.25. The third kappa shape index (κ3) is 2.52. The molecule has 6 heteroatoms. The fraction of sp³-hybridized carbons (Fsp3) is 0.190. The molecular weight excluding hydrogens is 340 g/mol. The molecule has 0 aliphatic rings. The van der Waals surface area contributed by atoms with E-state index in [1.54, 1.807) is 11.9 Å². The normalized spacial score (nSPS) is 11.2. The van der Waals surface area contributed by atoms with Crippen molar-refractivity contribution in [1.29, 1.82) is 0 Å². The van der Waals surface area contributed by atoms with Gasteiger partial charge in [0.2, 0.25) is 0 Å². The molecule has 0 atom stereocenters. The highest BCUT2D eigenvalue weighted by atomic mass is 16.2. The molecule has 0 bridgehead atoms. The van der Waals surface area contributed by atoms with E-state index in [1.165, 1.54) is 4.68 Å². The smallest absolute Gasteiger partial charge is 0.291 e. The van der Waals surface area contributed by atoms with E-state index >= 15 is 0 Å². The molecule has 2 heterocycles. The number of benzene rings is 2. The van der Waals surface area contributed by atoms with Crippen molar-refractivity contribution in [3.05, 3.63) is 70.6 Å². The van der Waals surface area contributed by atoms with Crippen LogP contribution in [0.4, 0.5) is 5.69 Å². The van der Waals surface area contributed by atoms with Crippen LogP contribution in [0.1, 0.15) is 17.4 Å². The van der Waals surface area contributed by atoms with Gasteiger partial charge in [0.15, 0.2) is 5.69 Å². The lowest BCUT2D eigenvalue weighted by Crippen LogP contribution is -2.34. The molecule has 27 heavy (non-hydrogen) atoms. The monoisotopic (exact) mass is 360 g/mol. The van der Waals surface area contributed by atoms with E-state index in [-0.39, 0.29) is 17.2 Å². The topological polar surface area (TPSA) is 60.1 Å². The second-order valence-corrected chi connectivity index (χ2v) is 6.46. The van der Waals surface area contributed by atoms with Crippen molar-refractivity contribution in [3.8, 4) is 0 Å². The van der Waals surface area contributed by atoms with Gasteiger partial charge in [-0.15, -0.1) is 0 Å². The predicted molar refractivity (Wildman–Crippen MR) is 107 cm³/mol. The van der Waals surface area contributed by atoms with Gasteiger partial charge in [0, 0.05) is 42.6 Å². The summed E-state index contributed by atoms with van der Waals surface area (Å²) in [6.45, 7) is 2.42. The maximum absolute atomic E-state index is 13.4. The van der Waals surface area contributed by atoms with Crippen molar-refractivity contribution < 1.29 is 4.79 Å². The Kier molecular flexibility index (Phi) is 4.03. The fourth-order valence-electron chi connectivity index (χ4n) is 3.61. The minimum atomic E-state index is -0.222. The maximum Gasteiger partial charge on any atom is 0.291 e. The first-order valence-corrected chi connectivity index (χ1v) is 8.86. The van der Waals surface area contributed by atoms with Crippen LogP contribution in [0, 0.1) is 0 Å². The Balaban J connectivity index is 2.05. The van der Waals surface area contributed by atoms with Crippen LogP contribution < -0.4 is 10.5 Å². The lowest BCUT2D eigenvalue weighted by molar-refractivity contribution is 0.0983. The van der Waals surface area contributed by atoms with Crippen molar-refractivity contribution in [2.45, 2.75) is 6.92 Å². The van der Waals surface area contributed by atoms with Gasteiger partial charge >= 0.3 is 0 Å². The average molecular weight is 360 g/mol. The Morgan fingerprint density at radius 2 is 1.70 bits per heavy atom. The summed E-state index contributed by atoms with van der Waals surface area (Å²) in [5, 5.41) is 5.82. The van der Waals surface area contributed by atoms with Crippen molar-refractivity contribution in [1.82, 2.24) is 14.3 Å². The summed E-state index contributed by atoms with van der Waals surface area (Å²) in [5.74, 6) is -0.222. The highest BCUT2D eigenvalue weighted by Crippen LogP contribution is 2.29. The molecule has 0 saturated carbocycles. The van der Waals surface area contributed by atoms with Gasteiger partial charge in [-0.05, 0) is 25.1 Å². The number of nitrogens with zero attached hydrogens (tertiary/aromatic N) is 4. The molecule has 2 aromatic heterocycles. The number of para-hydroxylation sites is 2. The van der Waals surface area contributed by atoms with Gasteiger partial charge in [0.25, 0.3) is 11.5 Å². The van der Waals surface area contributed by atoms with Gasteiger partial charge < -0.3 is 9.47 Å². The van der Waals surface area contributed by atoms with E-state index in [9.17, 15) is 9.59 Å². The zero-order chi connectivity index (χ0) is 19.1. The van der Waals surface area contributed by atoms with Crippen LogP contribution >= 0.6 is 0 Å². The molecule has 136 valence electrons. The number of anilines is 1. The molecular formula is C21H20N4O2. The summed E-state index contributed by atoms with van der Waals surface area (Å²) in [6, 6.07) is 17.2. The number of fused-ring (bicyclic) bond motifs is 3. The first-order valence-electron chi connectivity index (χ1n) is 8.86. The van der Waals surface area contributed by atoms with Crippen LogP contribution in [0.3, 0.4) is 0 Å². The molecule has 0 aliphatic carbocycles. The third-order valence-electron chi connectivity index (χ3n) is 4.92. The molecule has 0 aliphatic heterocycles. The van der Waals surface area contributed by atoms with E-state index < -0.39 is 0 Å². The first kappa shape index (κ1) is 17.0. The van der Waals surface area contributed by atoms with Gasteiger partial charge in [-0.3, -0.25) is 9.59 Å². The lowest BCUT2D eigenvalue weighted by atomic mass is 10.1. The minimum Gasteiger partial charge on any atom is -0.339 e. The second kappa shape index (κ2) is 6.39. The quantitative estimate of drug-likeness (QED) is 0.564. The zero-order valence-corrected chi connectivity index (χ0v) is 15.5. The van der Waals surface area contributed by atoms with E-state index in [4.69, 9.17) is 0 Å². The summed E-state index contributed by atoms with van der Waals surface area (Å²) >= 11 is 0. The molecule has 2 aromatic carbocycles. The molecule has 0 fully saturated rings. The van der Waals surface area contributed by atoms with Gasteiger partial charge in [-0.1, -0.05) is 36.4 Å². The Morgan fingerprint density at radius 3 is 2.41 bits per heavy atom. The molecule has 0 unspecified atom stereocenters. The van der Waals surface area contributed by atoms with Crippen LogP contribution in [-0.2, 0) is 14.1 Å². The van der Waals surface area contributed by atoms with Crippen molar-refractivity contribution in [2.24, 2.45) is 14.1 Å². The second-order valence-electron chi connectivity index (χ2n) is 6.46. The van der Waals surface area contributed by atoms with E-state index in [0.29, 0.717) is 17.4 Å². The zero-order valence-electron chi connectivity index (χ0n) is 15.5. The van der Waals surface area contributed by atoms with Crippen molar-refractivity contribution >= 4 is 33.4 Å². The summed E-state index contributed by atoms with van der Waals surface area (Å²) < 4.78 is 3.08. The molecule has 0 saturated heterocycles. The van der Waals surface area contributed by atoms with Crippen LogP contribution in [0.5, 0.6) is 0 Å². The van der Waals surface area contributed by atoms with E-state index in [2.05, 4.69) is 5.10 Å². The van der Waals surface area contributed by atoms with E-state index in [1.807, 2.05) is 73.1 Å². The van der Waals surface area contributed by atoms with Crippen LogP contribution in [0.15, 0.2) is 59.4 Å². The van der Waals surface area contributed by atoms with Crippen molar-refractivity contribution in [3.63, 3.8) is 0 Å².